The van der Waals surface area contributed by atoms with Gasteiger partial charge in [-0.05, 0) is 12.0 Å². The van der Waals surface area contributed by atoms with Crippen LogP contribution in [0.4, 0.5) is 0 Å². The second-order valence-corrected chi connectivity index (χ2v) is 5.63. The number of esters is 1. The lowest BCUT2D eigenvalue weighted by atomic mass is 10.0. The number of hydrogen-bond acceptors (Lipinski definition) is 3. The normalized spacial score (nSPS) is 13.2. The number of unbranched alkanes of at least 4 members (excludes halogenated alkanes) is 3. The van der Waals surface area contributed by atoms with E-state index in [4.69, 9.17) is 4.74 Å². The standard InChI is InChI=1S/C18H27NO3/c1-4-5-6-8-11-14(2)17(20)19-16(18(21)22-3)15-12-9-7-10-13-15/h7,9-10,12-14,16H,4-6,8,11H2,1-3H3,(H,19,20). The Bertz CT molecular complexity index is 459. The lowest BCUT2D eigenvalue weighted by molar-refractivity contribution is -0.145. The molecule has 0 spiro atoms. The van der Waals surface area contributed by atoms with Gasteiger partial charge >= 0.3 is 5.97 Å². The maximum Gasteiger partial charge on any atom is 0.333 e. The molecule has 2 unspecified atom stereocenters. The number of carbonyl (C=O) groups excluding carboxylic acids is 2. The molecule has 1 aromatic carbocycles. The van der Waals surface area contributed by atoms with Crippen LogP contribution in [0.25, 0.3) is 0 Å². The van der Waals surface area contributed by atoms with Gasteiger partial charge in [-0.3, -0.25) is 4.79 Å². The molecule has 0 saturated heterocycles. The first-order valence-electron chi connectivity index (χ1n) is 8.03. The lowest BCUT2D eigenvalue weighted by Gasteiger charge is -2.19. The van der Waals surface area contributed by atoms with Crippen LogP contribution >= 0.6 is 0 Å². The summed E-state index contributed by atoms with van der Waals surface area (Å²) in [4.78, 5) is 24.2. The topological polar surface area (TPSA) is 55.4 Å². The highest BCUT2D eigenvalue weighted by atomic mass is 16.5. The van der Waals surface area contributed by atoms with Crippen LogP contribution in [0.3, 0.4) is 0 Å². The van der Waals surface area contributed by atoms with Crippen molar-refractivity contribution in [3.8, 4) is 0 Å². The molecule has 1 aromatic rings. The van der Waals surface area contributed by atoms with Gasteiger partial charge in [0.15, 0.2) is 6.04 Å². The molecule has 0 heterocycles. The molecule has 122 valence electrons. The SMILES string of the molecule is CCCCCCC(C)C(=O)NC(C(=O)OC)c1ccccc1. The van der Waals surface area contributed by atoms with Crippen molar-refractivity contribution in [1.29, 1.82) is 0 Å². The van der Waals surface area contributed by atoms with Gasteiger partial charge in [0.05, 0.1) is 7.11 Å². The van der Waals surface area contributed by atoms with Crippen molar-refractivity contribution < 1.29 is 14.3 Å². The fourth-order valence-electron chi connectivity index (χ4n) is 2.33. The Balaban J connectivity index is 2.62. The third kappa shape index (κ3) is 5.88. The maximum atomic E-state index is 12.3. The van der Waals surface area contributed by atoms with Crippen LogP contribution in [-0.2, 0) is 14.3 Å². The number of rotatable bonds is 9. The van der Waals surface area contributed by atoms with Crippen molar-refractivity contribution >= 4 is 11.9 Å². The summed E-state index contributed by atoms with van der Waals surface area (Å²) in [7, 11) is 1.33. The van der Waals surface area contributed by atoms with Crippen molar-refractivity contribution in [2.45, 2.75) is 52.0 Å². The molecule has 0 aliphatic heterocycles. The molecule has 4 heteroatoms. The molecule has 0 bridgehead atoms. The van der Waals surface area contributed by atoms with E-state index in [2.05, 4.69) is 12.2 Å². The third-order valence-corrected chi connectivity index (χ3v) is 3.79. The molecule has 0 aromatic heterocycles. The second kappa shape index (κ2) is 9.98. The van der Waals surface area contributed by atoms with Gasteiger partial charge in [-0.25, -0.2) is 4.79 Å². The maximum absolute atomic E-state index is 12.3. The lowest BCUT2D eigenvalue weighted by Crippen LogP contribution is -2.37. The van der Waals surface area contributed by atoms with Gasteiger partial charge in [-0.15, -0.1) is 0 Å². The molecule has 0 fully saturated rings. The van der Waals surface area contributed by atoms with Crippen LogP contribution in [0, 0.1) is 5.92 Å². The summed E-state index contributed by atoms with van der Waals surface area (Å²) in [5, 5.41) is 2.81. The summed E-state index contributed by atoms with van der Waals surface area (Å²) in [6, 6.07) is 8.44. The van der Waals surface area contributed by atoms with E-state index in [1.54, 1.807) is 0 Å². The number of benzene rings is 1. The van der Waals surface area contributed by atoms with Gasteiger partial charge in [-0.1, -0.05) is 69.9 Å². The molecule has 2 atom stereocenters. The van der Waals surface area contributed by atoms with E-state index >= 15 is 0 Å². The molecular formula is C18H27NO3. The zero-order valence-electron chi connectivity index (χ0n) is 13.8. The fourth-order valence-corrected chi connectivity index (χ4v) is 2.33. The molecule has 1 N–H and O–H groups in total. The van der Waals surface area contributed by atoms with Crippen LogP contribution in [0.1, 0.15) is 57.6 Å². The van der Waals surface area contributed by atoms with Crippen molar-refractivity contribution in [2.24, 2.45) is 5.92 Å². The van der Waals surface area contributed by atoms with E-state index in [9.17, 15) is 9.59 Å². The van der Waals surface area contributed by atoms with E-state index in [1.165, 1.54) is 20.0 Å². The predicted molar refractivity (Wildman–Crippen MR) is 87.3 cm³/mol. The zero-order valence-corrected chi connectivity index (χ0v) is 13.8. The minimum atomic E-state index is -0.739. The van der Waals surface area contributed by atoms with E-state index in [0.717, 1.165) is 24.8 Å². The molecule has 1 amide bonds. The monoisotopic (exact) mass is 305 g/mol. The minimum Gasteiger partial charge on any atom is -0.467 e. The summed E-state index contributed by atoms with van der Waals surface area (Å²) < 4.78 is 4.81. The van der Waals surface area contributed by atoms with Gasteiger partial charge in [0.2, 0.25) is 5.91 Å². The van der Waals surface area contributed by atoms with Crippen LogP contribution < -0.4 is 5.32 Å². The highest BCUT2D eigenvalue weighted by Gasteiger charge is 2.25. The number of ether oxygens (including phenoxy) is 1. The van der Waals surface area contributed by atoms with Gasteiger partial charge in [0, 0.05) is 5.92 Å². The van der Waals surface area contributed by atoms with Gasteiger partial charge in [0.1, 0.15) is 0 Å². The quantitative estimate of drug-likeness (QED) is 0.560. The molecule has 0 aliphatic rings. The van der Waals surface area contributed by atoms with E-state index in [0.29, 0.717) is 0 Å². The van der Waals surface area contributed by atoms with Crippen molar-refractivity contribution in [3.63, 3.8) is 0 Å². The Morgan fingerprint density at radius 2 is 1.82 bits per heavy atom. The highest BCUT2D eigenvalue weighted by molar-refractivity contribution is 5.86. The van der Waals surface area contributed by atoms with Crippen molar-refractivity contribution in [1.82, 2.24) is 5.32 Å². The average Bonchev–Trinajstić information content (AvgIpc) is 2.56. The molecule has 1 rings (SSSR count). The summed E-state index contributed by atoms with van der Waals surface area (Å²) in [5.74, 6) is -0.652. The number of amides is 1. The van der Waals surface area contributed by atoms with Crippen molar-refractivity contribution in [2.75, 3.05) is 7.11 Å². The molecule has 22 heavy (non-hydrogen) atoms. The summed E-state index contributed by atoms with van der Waals surface area (Å²) in [6.45, 7) is 4.07. The number of carbonyl (C=O) groups is 2. The smallest absolute Gasteiger partial charge is 0.333 e. The molecule has 0 aliphatic carbocycles. The van der Waals surface area contributed by atoms with Gasteiger partial charge in [0.25, 0.3) is 0 Å². The average molecular weight is 305 g/mol. The first-order chi connectivity index (χ1) is 10.6. The van der Waals surface area contributed by atoms with Gasteiger partial charge in [-0.2, -0.15) is 0 Å². The number of methoxy groups -OCH3 is 1. The second-order valence-electron chi connectivity index (χ2n) is 5.63. The van der Waals surface area contributed by atoms with Crippen LogP contribution in [0.15, 0.2) is 30.3 Å². The first kappa shape index (κ1) is 18.2. The largest absolute Gasteiger partial charge is 0.467 e. The summed E-state index contributed by atoms with van der Waals surface area (Å²) in [5.41, 5.74) is 0.737. The fraction of sp³-hybridized carbons (Fsp3) is 0.556. The van der Waals surface area contributed by atoms with Crippen LogP contribution in [0.5, 0.6) is 0 Å². The molecule has 4 nitrogen and oxygen atoms in total. The Morgan fingerprint density at radius 1 is 1.14 bits per heavy atom. The first-order valence-corrected chi connectivity index (χ1v) is 8.03. The van der Waals surface area contributed by atoms with Crippen LogP contribution in [-0.4, -0.2) is 19.0 Å². The highest BCUT2D eigenvalue weighted by Crippen LogP contribution is 2.17. The summed E-state index contributed by atoms with van der Waals surface area (Å²) >= 11 is 0. The Hall–Kier alpha value is -1.84. The zero-order chi connectivity index (χ0) is 16.4. The molecule has 0 saturated carbocycles. The predicted octanol–water partition coefficient (Wildman–Crippen LogP) is 3.62. The van der Waals surface area contributed by atoms with E-state index in [-0.39, 0.29) is 11.8 Å². The van der Waals surface area contributed by atoms with E-state index < -0.39 is 12.0 Å². The minimum absolute atomic E-state index is 0.101. The Morgan fingerprint density at radius 3 is 2.41 bits per heavy atom. The number of hydrogen-bond donors (Lipinski definition) is 1. The third-order valence-electron chi connectivity index (χ3n) is 3.79. The van der Waals surface area contributed by atoms with Gasteiger partial charge < -0.3 is 10.1 Å². The van der Waals surface area contributed by atoms with Crippen molar-refractivity contribution in [3.05, 3.63) is 35.9 Å². The van der Waals surface area contributed by atoms with E-state index in [1.807, 2.05) is 37.3 Å². The Kier molecular flexibility index (Phi) is 8.26. The Labute approximate surface area is 133 Å². The summed E-state index contributed by atoms with van der Waals surface area (Å²) in [6.07, 6.45) is 5.40. The molecular weight excluding hydrogens is 278 g/mol. The van der Waals surface area contributed by atoms with Crippen LogP contribution in [0.2, 0.25) is 0 Å². The number of nitrogens with one attached hydrogen (secondary N) is 1. The molecule has 0 radical (unpaired) electrons.